The standard InChI is InChI=1S/C19H30N4O7S/c1-3-14-4-6-19(7-5-14)17(26)23(18(27)20-19)12-16(25)30-13-15(24)21-8-10-22(11-9-21)31(2,28)29/h14H,3-13H2,1-2H3,(H,20,27). The number of imide groups is 1. The van der Waals surface area contributed by atoms with Gasteiger partial charge < -0.3 is 15.0 Å². The highest BCUT2D eigenvalue weighted by molar-refractivity contribution is 7.88. The van der Waals surface area contributed by atoms with Gasteiger partial charge in [0.05, 0.1) is 6.26 Å². The molecule has 4 amide bonds. The summed E-state index contributed by atoms with van der Waals surface area (Å²) < 4.78 is 29.3. The van der Waals surface area contributed by atoms with Crippen LogP contribution in [0, 0.1) is 5.92 Å². The largest absolute Gasteiger partial charge is 0.454 e. The van der Waals surface area contributed by atoms with E-state index in [1.165, 1.54) is 9.21 Å². The minimum absolute atomic E-state index is 0.182. The molecule has 2 saturated heterocycles. The fourth-order valence-corrected chi connectivity index (χ4v) is 5.24. The highest BCUT2D eigenvalue weighted by Crippen LogP contribution is 2.37. The first-order valence-corrected chi connectivity index (χ1v) is 12.4. The van der Waals surface area contributed by atoms with Crippen molar-refractivity contribution in [2.75, 3.05) is 45.6 Å². The van der Waals surface area contributed by atoms with Gasteiger partial charge in [0.15, 0.2) is 6.61 Å². The molecule has 0 radical (unpaired) electrons. The lowest BCUT2D eigenvalue weighted by atomic mass is 9.75. The minimum atomic E-state index is -3.31. The van der Waals surface area contributed by atoms with E-state index in [1.807, 2.05) is 0 Å². The molecule has 1 saturated carbocycles. The van der Waals surface area contributed by atoms with Gasteiger partial charge in [0.1, 0.15) is 12.1 Å². The molecule has 0 bridgehead atoms. The lowest BCUT2D eigenvalue weighted by molar-refractivity contribution is -0.154. The highest BCUT2D eigenvalue weighted by atomic mass is 32.2. The molecule has 0 unspecified atom stereocenters. The molecular formula is C19H30N4O7S. The summed E-state index contributed by atoms with van der Waals surface area (Å²) in [6.07, 6.45) is 4.95. The lowest BCUT2D eigenvalue weighted by Gasteiger charge is -2.34. The van der Waals surface area contributed by atoms with Crippen molar-refractivity contribution in [3.8, 4) is 0 Å². The van der Waals surface area contributed by atoms with Crippen LogP contribution >= 0.6 is 0 Å². The number of nitrogens with one attached hydrogen (secondary N) is 1. The van der Waals surface area contributed by atoms with Gasteiger partial charge >= 0.3 is 12.0 Å². The van der Waals surface area contributed by atoms with Crippen molar-refractivity contribution >= 4 is 33.8 Å². The van der Waals surface area contributed by atoms with Crippen LogP contribution in [0.4, 0.5) is 4.79 Å². The van der Waals surface area contributed by atoms with Gasteiger partial charge in [-0.25, -0.2) is 13.2 Å². The Morgan fingerprint density at radius 3 is 2.29 bits per heavy atom. The van der Waals surface area contributed by atoms with E-state index >= 15 is 0 Å². The summed E-state index contributed by atoms with van der Waals surface area (Å²) in [5.41, 5.74) is -0.932. The molecule has 1 aliphatic carbocycles. The van der Waals surface area contributed by atoms with Crippen LogP contribution in [-0.4, -0.2) is 97.5 Å². The summed E-state index contributed by atoms with van der Waals surface area (Å²) in [4.78, 5) is 51.8. The first kappa shape index (κ1) is 23.5. The molecule has 11 nitrogen and oxygen atoms in total. The quantitative estimate of drug-likeness (QED) is 0.420. The zero-order valence-electron chi connectivity index (χ0n) is 18.0. The van der Waals surface area contributed by atoms with Gasteiger partial charge in [-0.1, -0.05) is 13.3 Å². The Labute approximate surface area is 182 Å². The number of ether oxygens (including phenoxy) is 1. The molecule has 12 heteroatoms. The van der Waals surface area contributed by atoms with Gasteiger partial charge in [-0.3, -0.25) is 19.3 Å². The number of esters is 1. The van der Waals surface area contributed by atoms with Crippen LogP contribution in [0.2, 0.25) is 0 Å². The normalized spacial score (nSPS) is 27.5. The number of nitrogens with zero attached hydrogens (tertiary/aromatic N) is 3. The summed E-state index contributed by atoms with van der Waals surface area (Å²) in [7, 11) is -3.31. The third kappa shape index (κ3) is 5.17. The van der Waals surface area contributed by atoms with Gasteiger partial charge in [-0.15, -0.1) is 0 Å². The maximum atomic E-state index is 12.8. The second-order valence-electron chi connectivity index (χ2n) is 8.46. The number of amides is 4. The molecule has 0 atom stereocenters. The minimum Gasteiger partial charge on any atom is -0.454 e. The molecular weight excluding hydrogens is 428 g/mol. The monoisotopic (exact) mass is 458 g/mol. The maximum absolute atomic E-state index is 12.8. The molecule has 174 valence electrons. The summed E-state index contributed by atoms with van der Waals surface area (Å²) >= 11 is 0. The topological polar surface area (TPSA) is 133 Å². The van der Waals surface area contributed by atoms with E-state index in [-0.39, 0.29) is 26.2 Å². The summed E-state index contributed by atoms with van der Waals surface area (Å²) in [6, 6.07) is -0.611. The first-order chi connectivity index (χ1) is 14.6. The Balaban J connectivity index is 1.46. The maximum Gasteiger partial charge on any atom is 0.326 e. The van der Waals surface area contributed by atoms with E-state index < -0.39 is 52.5 Å². The van der Waals surface area contributed by atoms with Crippen LogP contribution in [0.3, 0.4) is 0 Å². The SMILES string of the molecule is CCC1CCC2(CC1)NC(=O)N(CC(=O)OCC(=O)N1CCN(S(C)(=O)=O)CC1)C2=O. The fraction of sp³-hybridized carbons (Fsp3) is 0.789. The Bertz CT molecular complexity index is 843. The van der Waals surface area contributed by atoms with Crippen LogP contribution < -0.4 is 5.32 Å². The predicted molar refractivity (Wildman–Crippen MR) is 109 cm³/mol. The Morgan fingerprint density at radius 2 is 1.74 bits per heavy atom. The summed E-state index contributed by atoms with van der Waals surface area (Å²) in [5, 5.41) is 2.75. The molecule has 0 aromatic carbocycles. The molecule has 3 aliphatic rings. The van der Waals surface area contributed by atoms with Crippen molar-refractivity contribution in [1.29, 1.82) is 0 Å². The van der Waals surface area contributed by atoms with Crippen LogP contribution in [0.15, 0.2) is 0 Å². The van der Waals surface area contributed by atoms with E-state index in [2.05, 4.69) is 12.2 Å². The number of carbonyl (C=O) groups is 4. The molecule has 1 spiro atoms. The molecule has 1 N–H and O–H groups in total. The molecule has 0 aromatic heterocycles. The highest BCUT2D eigenvalue weighted by Gasteiger charge is 2.52. The average Bonchev–Trinajstić information content (AvgIpc) is 2.96. The van der Waals surface area contributed by atoms with Gasteiger partial charge in [-0.05, 0) is 31.6 Å². The van der Waals surface area contributed by atoms with E-state index in [0.29, 0.717) is 18.8 Å². The summed E-state index contributed by atoms with van der Waals surface area (Å²) in [5.74, 6) is -1.16. The van der Waals surface area contributed by atoms with Crippen LogP contribution in [0.1, 0.15) is 39.0 Å². The molecule has 31 heavy (non-hydrogen) atoms. The third-order valence-electron chi connectivity index (χ3n) is 6.49. The molecule has 2 aliphatic heterocycles. The second kappa shape index (κ2) is 9.11. The Morgan fingerprint density at radius 1 is 1.13 bits per heavy atom. The zero-order valence-corrected chi connectivity index (χ0v) is 18.8. The molecule has 3 rings (SSSR count). The Kier molecular flexibility index (Phi) is 6.89. The van der Waals surface area contributed by atoms with Gasteiger partial charge in [0, 0.05) is 26.2 Å². The predicted octanol–water partition coefficient (Wildman–Crippen LogP) is -0.476. The van der Waals surface area contributed by atoms with Gasteiger partial charge in [-0.2, -0.15) is 4.31 Å². The van der Waals surface area contributed by atoms with E-state index in [4.69, 9.17) is 4.74 Å². The van der Waals surface area contributed by atoms with Crippen LogP contribution in [-0.2, 0) is 29.1 Å². The molecule has 0 aromatic rings. The number of hydrogen-bond acceptors (Lipinski definition) is 7. The van der Waals surface area contributed by atoms with E-state index in [9.17, 15) is 27.6 Å². The first-order valence-electron chi connectivity index (χ1n) is 10.6. The van der Waals surface area contributed by atoms with Crippen molar-refractivity contribution in [2.24, 2.45) is 5.92 Å². The van der Waals surface area contributed by atoms with Crippen molar-refractivity contribution in [3.05, 3.63) is 0 Å². The van der Waals surface area contributed by atoms with Crippen LogP contribution in [0.5, 0.6) is 0 Å². The summed E-state index contributed by atoms with van der Waals surface area (Å²) in [6.45, 7) is 1.82. The Hall–Kier alpha value is -2.21. The number of hydrogen-bond donors (Lipinski definition) is 1. The lowest BCUT2D eigenvalue weighted by Crippen LogP contribution is -2.51. The van der Waals surface area contributed by atoms with Crippen LogP contribution in [0.25, 0.3) is 0 Å². The third-order valence-corrected chi connectivity index (χ3v) is 7.79. The van der Waals surface area contributed by atoms with Crippen molar-refractivity contribution in [2.45, 2.75) is 44.6 Å². The molecule has 3 fully saturated rings. The number of urea groups is 1. The van der Waals surface area contributed by atoms with Gasteiger partial charge in [0.25, 0.3) is 11.8 Å². The number of sulfonamides is 1. The number of piperazine rings is 1. The fourth-order valence-electron chi connectivity index (χ4n) is 4.41. The number of rotatable bonds is 6. The van der Waals surface area contributed by atoms with Crippen molar-refractivity contribution < 1.29 is 32.3 Å². The molecule has 2 heterocycles. The number of carbonyl (C=O) groups excluding carboxylic acids is 4. The van der Waals surface area contributed by atoms with E-state index in [0.717, 1.165) is 30.4 Å². The van der Waals surface area contributed by atoms with E-state index in [1.54, 1.807) is 0 Å². The zero-order chi connectivity index (χ0) is 22.8. The van der Waals surface area contributed by atoms with Crippen molar-refractivity contribution in [1.82, 2.24) is 19.4 Å². The second-order valence-corrected chi connectivity index (χ2v) is 10.4. The smallest absolute Gasteiger partial charge is 0.326 e. The average molecular weight is 459 g/mol. The van der Waals surface area contributed by atoms with Crippen molar-refractivity contribution in [3.63, 3.8) is 0 Å². The van der Waals surface area contributed by atoms with Gasteiger partial charge in [0.2, 0.25) is 10.0 Å².